The number of guanidine groups is 1. The van der Waals surface area contributed by atoms with Gasteiger partial charge >= 0.3 is 0 Å². The van der Waals surface area contributed by atoms with E-state index in [4.69, 9.17) is 0 Å². The van der Waals surface area contributed by atoms with E-state index in [-0.39, 0.29) is 29.7 Å². The highest BCUT2D eigenvalue weighted by Gasteiger charge is 2.27. The summed E-state index contributed by atoms with van der Waals surface area (Å²) in [5.74, 6) is 1.61. The second-order valence-electron chi connectivity index (χ2n) is 7.67. The van der Waals surface area contributed by atoms with Gasteiger partial charge in [-0.1, -0.05) is 17.7 Å². The Labute approximate surface area is 203 Å². The number of hydrogen-bond donors (Lipinski definition) is 2. The SMILES string of the molecule is CN=C(NCCC1=CCCCC1)NCCS(=O)(=O)N1CCN(c2ccccn2)CC1.I. The number of hydrogen-bond acceptors (Lipinski definition) is 5. The first kappa shape index (κ1) is 25.9. The lowest BCUT2D eigenvalue weighted by molar-refractivity contribution is 0.384. The van der Waals surface area contributed by atoms with E-state index in [1.165, 1.54) is 31.3 Å². The van der Waals surface area contributed by atoms with Gasteiger partial charge in [0.25, 0.3) is 0 Å². The van der Waals surface area contributed by atoms with Crippen molar-refractivity contribution in [1.29, 1.82) is 0 Å². The van der Waals surface area contributed by atoms with E-state index in [1.807, 2.05) is 18.2 Å². The summed E-state index contributed by atoms with van der Waals surface area (Å²) in [6.45, 7) is 3.44. The molecule has 2 N–H and O–H groups in total. The Bertz CT molecular complexity index is 824. The summed E-state index contributed by atoms with van der Waals surface area (Å²) in [7, 11) is -1.59. The van der Waals surface area contributed by atoms with Gasteiger partial charge in [-0.05, 0) is 44.2 Å². The average molecular weight is 563 g/mol. The fourth-order valence-corrected chi connectivity index (χ4v) is 5.20. The van der Waals surface area contributed by atoms with Crippen LogP contribution in [0.5, 0.6) is 0 Å². The van der Waals surface area contributed by atoms with Crippen LogP contribution in [0.1, 0.15) is 32.1 Å². The zero-order chi connectivity index (χ0) is 21.2. The molecular weight excluding hydrogens is 527 g/mol. The molecule has 174 valence electrons. The molecule has 3 rings (SSSR count). The maximum absolute atomic E-state index is 12.7. The highest BCUT2D eigenvalue weighted by Crippen LogP contribution is 2.19. The van der Waals surface area contributed by atoms with Gasteiger partial charge in [-0.15, -0.1) is 24.0 Å². The Morgan fingerprint density at radius 2 is 1.90 bits per heavy atom. The Morgan fingerprint density at radius 1 is 1.13 bits per heavy atom. The Kier molecular flexibility index (Phi) is 11.0. The van der Waals surface area contributed by atoms with Crippen molar-refractivity contribution < 1.29 is 8.42 Å². The van der Waals surface area contributed by atoms with Crippen LogP contribution in [0.15, 0.2) is 41.0 Å². The summed E-state index contributed by atoms with van der Waals surface area (Å²) in [4.78, 5) is 10.7. The van der Waals surface area contributed by atoms with Gasteiger partial charge in [0, 0.05) is 52.5 Å². The van der Waals surface area contributed by atoms with E-state index in [2.05, 4.69) is 31.6 Å². The number of aliphatic imine (C=N–C) groups is 1. The van der Waals surface area contributed by atoms with Crippen molar-refractivity contribution in [2.75, 3.05) is 57.0 Å². The summed E-state index contributed by atoms with van der Waals surface area (Å²) in [5, 5.41) is 6.41. The number of anilines is 1. The lowest BCUT2D eigenvalue weighted by Crippen LogP contribution is -2.50. The van der Waals surface area contributed by atoms with E-state index in [0.717, 1.165) is 18.8 Å². The van der Waals surface area contributed by atoms with E-state index in [1.54, 1.807) is 17.5 Å². The van der Waals surface area contributed by atoms with Crippen LogP contribution >= 0.6 is 24.0 Å². The van der Waals surface area contributed by atoms with Crippen LogP contribution in [0, 0.1) is 0 Å². The van der Waals surface area contributed by atoms with Crippen molar-refractivity contribution in [1.82, 2.24) is 19.9 Å². The standard InChI is InChI=1S/C21H34N6O2S.HI/c1-22-21(24-12-10-19-7-3-2-4-8-19)25-13-18-30(28,29)27-16-14-26(15-17-27)20-9-5-6-11-23-20;/h5-7,9,11H,2-4,8,10,12-18H2,1H3,(H2,22,24,25);1H. The Balaban J connectivity index is 0.00000341. The molecule has 0 unspecified atom stereocenters. The lowest BCUT2D eigenvalue weighted by Gasteiger charge is -2.34. The van der Waals surface area contributed by atoms with Gasteiger partial charge in [0.1, 0.15) is 5.82 Å². The van der Waals surface area contributed by atoms with Crippen LogP contribution in [0.4, 0.5) is 5.82 Å². The molecule has 31 heavy (non-hydrogen) atoms. The van der Waals surface area contributed by atoms with E-state index >= 15 is 0 Å². The monoisotopic (exact) mass is 562 g/mol. The minimum atomic E-state index is -3.30. The first-order valence-electron chi connectivity index (χ1n) is 10.8. The second kappa shape index (κ2) is 13.2. The molecule has 2 aliphatic rings. The number of rotatable bonds is 8. The third-order valence-corrected chi connectivity index (χ3v) is 7.48. The molecule has 0 aromatic carbocycles. The molecule has 0 bridgehead atoms. The van der Waals surface area contributed by atoms with Gasteiger partial charge in [0.15, 0.2) is 5.96 Å². The number of piperazine rings is 1. The quantitative estimate of drug-likeness (QED) is 0.219. The van der Waals surface area contributed by atoms with Crippen molar-refractivity contribution in [2.24, 2.45) is 4.99 Å². The topological polar surface area (TPSA) is 89.9 Å². The molecule has 8 nitrogen and oxygen atoms in total. The van der Waals surface area contributed by atoms with Gasteiger partial charge in [0.2, 0.25) is 10.0 Å². The third-order valence-electron chi connectivity index (χ3n) is 5.60. The van der Waals surface area contributed by atoms with Crippen molar-refractivity contribution in [3.05, 3.63) is 36.0 Å². The molecule has 2 heterocycles. The summed E-state index contributed by atoms with van der Waals surface area (Å²) >= 11 is 0. The normalized spacial score (nSPS) is 18.2. The molecule has 0 spiro atoms. The Morgan fingerprint density at radius 3 is 2.55 bits per heavy atom. The highest BCUT2D eigenvalue weighted by molar-refractivity contribution is 14.0. The fourth-order valence-electron chi connectivity index (χ4n) is 3.86. The van der Waals surface area contributed by atoms with Crippen LogP contribution in [-0.2, 0) is 10.0 Å². The largest absolute Gasteiger partial charge is 0.356 e. The minimum absolute atomic E-state index is 0. The fraction of sp³-hybridized carbons (Fsp3) is 0.619. The van der Waals surface area contributed by atoms with Crippen molar-refractivity contribution in [2.45, 2.75) is 32.1 Å². The first-order chi connectivity index (χ1) is 14.6. The molecular formula is C21H35IN6O2S. The van der Waals surface area contributed by atoms with Gasteiger partial charge in [-0.3, -0.25) is 4.99 Å². The molecule has 1 fully saturated rings. The highest BCUT2D eigenvalue weighted by atomic mass is 127. The molecule has 0 atom stereocenters. The minimum Gasteiger partial charge on any atom is -0.356 e. The number of nitrogens with zero attached hydrogens (tertiary/aromatic N) is 4. The predicted molar refractivity (Wildman–Crippen MR) is 138 cm³/mol. The van der Waals surface area contributed by atoms with Crippen LogP contribution < -0.4 is 15.5 Å². The van der Waals surface area contributed by atoms with E-state index in [9.17, 15) is 8.42 Å². The van der Waals surface area contributed by atoms with Crippen molar-refractivity contribution in [3.8, 4) is 0 Å². The molecule has 10 heteroatoms. The number of allylic oxidation sites excluding steroid dienone is 1. The van der Waals surface area contributed by atoms with E-state index in [0.29, 0.717) is 38.7 Å². The molecule has 1 aliphatic carbocycles. The average Bonchev–Trinajstić information content (AvgIpc) is 2.79. The van der Waals surface area contributed by atoms with Gasteiger partial charge < -0.3 is 15.5 Å². The second-order valence-corrected chi connectivity index (χ2v) is 9.76. The smallest absolute Gasteiger partial charge is 0.215 e. The van der Waals surface area contributed by atoms with Gasteiger partial charge in [-0.2, -0.15) is 4.31 Å². The van der Waals surface area contributed by atoms with E-state index < -0.39 is 10.0 Å². The summed E-state index contributed by atoms with van der Waals surface area (Å²) < 4.78 is 27.0. The Hall–Kier alpha value is -1.40. The van der Waals surface area contributed by atoms with Gasteiger partial charge in [-0.25, -0.2) is 13.4 Å². The lowest BCUT2D eigenvalue weighted by atomic mass is 9.97. The number of sulfonamides is 1. The molecule has 0 radical (unpaired) electrons. The third kappa shape index (κ3) is 8.23. The molecule has 1 aromatic rings. The molecule has 0 saturated carbocycles. The number of nitrogens with one attached hydrogen (secondary N) is 2. The number of aromatic nitrogens is 1. The number of halogens is 1. The van der Waals surface area contributed by atoms with Crippen LogP contribution in [0.25, 0.3) is 0 Å². The number of pyridine rings is 1. The predicted octanol–water partition coefficient (Wildman–Crippen LogP) is 2.21. The van der Waals surface area contributed by atoms with Crippen LogP contribution in [0.3, 0.4) is 0 Å². The van der Waals surface area contributed by atoms with Crippen LogP contribution in [0.2, 0.25) is 0 Å². The van der Waals surface area contributed by atoms with Crippen LogP contribution in [-0.4, -0.2) is 75.7 Å². The summed E-state index contributed by atoms with van der Waals surface area (Å²) in [6, 6.07) is 5.79. The van der Waals surface area contributed by atoms with Crippen molar-refractivity contribution >= 4 is 45.8 Å². The maximum atomic E-state index is 12.7. The summed E-state index contributed by atoms with van der Waals surface area (Å²) in [5.41, 5.74) is 1.51. The van der Waals surface area contributed by atoms with Crippen molar-refractivity contribution in [3.63, 3.8) is 0 Å². The maximum Gasteiger partial charge on any atom is 0.215 e. The zero-order valence-corrected chi connectivity index (χ0v) is 21.4. The molecule has 0 amide bonds. The van der Waals surface area contributed by atoms with Gasteiger partial charge in [0.05, 0.1) is 5.75 Å². The molecule has 1 aromatic heterocycles. The molecule has 1 aliphatic heterocycles. The summed E-state index contributed by atoms with van der Waals surface area (Å²) in [6.07, 6.45) is 10.1. The first-order valence-corrected chi connectivity index (χ1v) is 12.5. The molecule has 1 saturated heterocycles. The zero-order valence-electron chi connectivity index (χ0n) is 18.3.